The third-order valence-electron chi connectivity index (χ3n) is 2.24. The Balaban J connectivity index is 4.46. The zero-order valence-corrected chi connectivity index (χ0v) is 9.44. The Labute approximate surface area is 85.8 Å². The molecule has 4 nitrogen and oxygen atoms in total. The van der Waals surface area contributed by atoms with Gasteiger partial charge in [0, 0.05) is 17.5 Å². The number of nitrogens with zero attached hydrogens (tertiary/aromatic N) is 3. The highest BCUT2D eigenvalue weighted by Crippen LogP contribution is 2.17. The Kier molecular flexibility index (Phi) is 6.00. The second-order valence-electron chi connectivity index (χ2n) is 4.08. The van der Waals surface area contributed by atoms with Crippen molar-refractivity contribution in [1.82, 2.24) is 0 Å². The predicted molar refractivity (Wildman–Crippen MR) is 59.7 cm³/mol. The van der Waals surface area contributed by atoms with Crippen molar-refractivity contribution in [3.8, 4) is 0 Å². The van der Waals surface area contributed by atoms with E-state index in [9.17, 15) is 0 Å². The molecule has 0 saturated carbocycles. The van der Waals surface area contributed by atoms with Crippen LogP contribution < -0.4 is 5.73 Å². The summed E-state index contributed by atoms with van der Waals surface area (Å²) in [6.45, 7) is 8.69. The van der Waals surface area contributed by atoms with Gasteiger partial charge in [0.1, 0.15) is 0 Å². The number of hydrogen-bond donors (Lipinski definition) is 1. The van der Waals surface area contributed by atoms with E-state index < -0.39 is 0 Å². The molecule has 4 heteroatoms. The molecule has 0 heterocycles. The lowest BCUT2D eigenvalue weighted by atomic mass is 9.88. The molecule has 2 N–H and O–H groups in total. The fourth-order valence-electron chi connectivity index (χ4n) is 1.48. The molecule has 0 aliphatic rings. The first-order chi connectivity index (χ1) is 6.49. The molecule has 1 unspecified atom stereocenters. The Hall–Kier alpha value is -0.990. The molecule has 0 rings (SSSR count). The summed E-state index contributed by atoms with van der Waals surface area (Å²) < 4.78 is 0. The van der Waals surface area contributed by atoms with E-state index in [-0.39, 0.29) is 6.04 Å². The molecule has 0 aromatic rings. The molecule has 0 bridgehead atoms. The molecule has 0 fully saturated rings. The van der Waals surface area contributed by atoms with Gasteiger partial charge in [-0.05, 0) is 31.2 Å². The van der Waals surface area contributed by atoms with E-state index in [0.29, 0.717) is 18.4 Å². The van der Waals surface area contributed by atoms with Crippen molar-refractivity contribution in [2.24, 2.45) is 22.7 Å². The van der Waals surface area contributed by atoms with Crippen LogP contribution in [0.1, 0.15) is 27.7 Å². The maximum atomic E-state index is 8.17. The second kappa shape index (κ2) is 6.46. The lowest BCUT2D eigenvalue weighted by Crippen LogP contribution is -2.29. The normalized spacial score (nSPS) is 16.3. The van der Waals surface area contributed by atoms with Crippen LogP contribution in [0.4, 0.5) is 0 Å². The van der Waals surface area contributed by atoms with Gasteiger partial charge in [0.15, 0.2) is 0 Å². The fraction of sp³-hybridized carbons (Fsp3) is 0.800. The SMILES string of the molecule is C/C(=C\[C@H](C(C)C)C(C)N)CN=[N+]=[N-]. The van der Waals surface area contributed by atoms with Crippen LogP contribution in [0.2, 0.25) is 0 Å². The maximum absolute atomic E-state index is 8.17. The summed E-state index contributed by atoms with van der Waals surface area (Å²) in [6.07, 6.45) is 2.12. The van der Waals surface area contributed by atoms with Gasteiger partial charge in [-0.1, -0.05) is 30.6 Å². The lowest BCUT2D eigenvalue weighted by Gasteiger charge is -2.21. The molecule has 14 heavy (non-hydrogen) atoms. The third kappa shape index (κ3) is 4.90. The van der Waals surface area contributed by atoms with E-state index in [4.69, 9.17) is 11.3 Å². The lowest BCUT2D eigenvalue weighted by molar-refractivity contribution is 0.402. The summed E-state index contributed by atoms with van der Waals surface area (Å²) in [6, 6.07) is 0.135. The van der Waals surface area contributed by atoms with Gasteiger partial charge in [-0.25, -0.2) is 0 Å². The van der Waals surface area contributed by atoms with Crippen molar-refractivity contribution in [3.63, 3.8) is 0 Å². The average Bonchev–Trinajstić information content (AvgIpc) is 2.09. The van der Waals surface area contributed by atoms with Crippen LogP contribution >= 0.6 is 0 Å². The average molecular weight is 196 g/mol. The first kappa shape index (κ1) is 13.0. The smallest absolute Gasteiger partial charge is 0.0467 e. The minimum absolute atomic E-state index is 0.135. The van der Waals surface area contributed by atoms with Crippen LogP contribution in [0.3, 0.4) is 0 Å². The number of azide groups is 1. The van der Waals surface area contributed by atoms with E-state index >= 15 is 0 Å². The Morgan fingerprint density at radius 1 is 1.50 bits per heavy atom. The molecule has 0 aliphatic carbocycles. The van der Waals surface area contributed by atoms with Crippen molar-refractivity contribution in [2.75, 3.05) is 6.54 Å². The summed E-state index contributed by atoms with van der Waals surface area (Å²) in [5.74, 6) is 0.861. The van der Waals surface area contributed by atoms with Gasteiger partial charge in [-0.15, -0.1) is 0 Å². The van der Waals surface area contributed by atoms with Crippen LogP contribution in [-0.4, -0.2) is 12.6 Å². The third-order valence-corrected chi connectivity index (χ3v) is 2.24. The summed E-state index contributed by atoms with van der Waals surface area (Å²) in [4.78, 5) is 2.73. The Morgan fingerprint density at radius 3 is 2.43 bits per heavy atom. The van der Waals surface area contributed by atoms with Gasteiger partial charge in [0.25, 0.3) is 0 Å². The first-order valence-corrected chi connectivity index (χ1v) is 4.92. The highest BCUT2D eigenvalue weighted by atomic mass is 15.1. The topological polar surface area (TPSA) is 74.8 Å². The van der Waals surface area contributed by atoms with Gasteiger partial charge >= 0.3 is 0 Å². The zero-order chi connectivity index (χ0) is 11.1. The second-order valence-corrected chi connectivity index (χ2v) is 4.08. The van der Waals surface area contributed by atoms with Gasteiger partial charge in [-0.3, -0.25) is 0 Å². The molecule has 80 valence electrons. The van der Waals surface area contributed by atoms with E-state index in [1.807, 2.05) is 13.8 Å². The Bertz CT molecular complexity index is 229. The molecule has 0 aliphatic heterocycles. The van der Waals surface area contributed by atoms with E-state index in [1.165, 1.54) is 0 Å². The monoisotopic (exact) mass is 196 g/mol. The van der Waals surface area contributed by atoms with Crippen molar-refractivity contribution in [3.05, 3.63) is 22.1 Å². The van der Waals surface area contributed by atoms with E-state index in [1.54, 1.807) is 0 Å². The quantitative estimate of drug-likeness (QED) is 0.312. The van der Waals surface area contributed by atoms with E-state index in [0.717, 1.165) is 5.57 Å². The predicted octanol–water partition coefficient (Wildman–Crippen LogP) is 2.86. The van der Waals surface area contributed by atoms with Crippen molar-refractivity contribution in [1.29, 1.82) is 0 Å². The minimum Gasteiger partial charge on any atom is -0.327 e. The molecule has 2 atom stereocenters. The number of nitrogens with two attached hydrogens (primary N) is 1. The number of rotatable bonds is 5. The molecule has 0 radical (unpaired) electrons. The largest absolute Gasteiger partial charge is 0.327 e. The van der Waals surface area contributed by atoms with Crippen molar-refractivity contribution >= 4 is 0 Å². The molecule has 0 amide bonds. The highest BCUT2D eigenvalue weighted by Gasteiger charge is 2.14. The van der Waals surface area contributed by atoms with Crippen molar-refractivity contribution < 1.29 is 0 Å². The molecule has 0 spiro atoms. The molecule has 0 aromatic heterocycles. The van der Waals surface area contributed by atoms with Gasteiger partial charge < -0.3 is 5.73 Å². The highest BCUT2D eigenvalue weighted by molar-refractivity contribution is 5.05. The number of hydrogen-bond acceptors (Lipinski definition) is 2. The first-order valence-electron chi connectivity index (χ1n) is 4.92. The Morgan fingerprint density at radius 2 is 2.07 bits per heavy atom. The maximum Gasteiger partial charge on any atom is 0.0467 e. The molecular weight excluding hydrogens is 176 g/mol. The van der Waals surface area contributed by atoms with Crippen molar-refractivity contribution in [2.45, 2.75) is 33.7 Å². The van der Waals surface area contributed by atoms with Gasteiger partial charge in [-0.2, -0.15) is 0 Å². The summed E-state index contributed by atoms with van der Waals surface area (Å²) in [5.41, 5.74) is 15.1. The molecular formula is C10H20N4. The summed E-state index contributed by atoms with van der Waals surface area (Å²) >= 11 is 0. The van der Waals surface area contributed by atoms with Crippen LogP contribution in [0.5, 0.6) is 0 Å². The molecule has 0 aromatic carbocycles. The molecule has 0 saturated heterocycles. The van der Waals surface area contributed by atoms with Crippen LogP contribution in [0.25, 0.3) is 10.4 Å². The zero-order valence-electron chi connectivity index (χ0n) is 9.44. The standard InChI is InChI=1S/C10H20N4/c1-7(2)10(9(4)11)5-8(3)6-13-14-12/h5,7,9-10H,6,11H2,1-4H3/b8-5+/t9?,10-/m1/s1. The fourth-order valence-corrected chi connectivity index (χ4v) is 1.48. The van der Waals surface area contributed by atoms with Crippen LogP contribution in [-0.2, 0) is 0 Å². The van der Waals surface area contributed by atoms with E-state index in [2.05, 4.69) is 29.9 Å². The van der Waals surface area contributed by atoms with Gasteiger partial charge in [0.05, 0.1) is 0 Å². The van der Waals surface area contributed by atoms with Gasteiger partial charge in [0.2, 0.25) is 0 Å². The minimum atomic E-state index is 0.135. The van der Waals surface area contributed by atoms with Crippen LogP contribution in [0, 0.1) is 11.8 Å². The summed E-state index contributed by atoms with van der Waals surface area (Å²) in [7, 11) is 0. The van der Waals surface area contributed by atoms with Crippen LogP contribution in [0.15, 0.2) is 16.8 Å². The summed E-state index contributed by atoms with van der Waals surface area (Å²) in [5, 5.41) is 3.51.